The van der Waals surface area contributed by atoms with Gasteiger partial charge in [0.25, 0.3) is 0 Å². The molecule has 1 aromatic carbocycles. The molecule has 1 saturated heterocycles. The Morgan fingerprint density at radius 3 is 2.45 bits per heavy atom. The molecule has 2 N–H and O–H groups in total. The maximum absolute atomic E-state index is 12.3. The van der Waals surface area contributed by atoms with Crippen LogP contribution in [0.4, 0.5) is 5.82 Å². The zero-order chi connectivity index (χ0) is 20.5. The molecule has 0 atom stereocenters. The number of benzene rings is 1. The van der Waals surface area contributed by atoms with Gasteiger partial charge in [-0.05, 0) is 31.2 Å². The molecule has 1 aromatic heterocycles. The minimum atomic E-state index is -3.50. The Labute approximate surface area is 172 Å². The molecule has 0 radical (unpaired) electrons. The number of pyridine rings is 1. The maximum Gasteiger partial charge on any atom is 0.240 e. The van der Waals surface area contributed by atoms with E-state index >= 15 is 0 Å². The molecule has 1 aliphatic heterocycles. The van der Waals surface area contributed by atoms with Crippen molar-refractivity contribution < 1.29 is 8.42 Å². The summed E-state index contributed by atoms with van der Waals surface area (Å²) >= 11 is 0. The highest BCUT2D eigenvalue weighted by molar-refractivity contribution is 7.89. The molecule has 2 aromatic rings. The topological polar surface area (TPSA) is 89.9 Å². The third-order valence-corrected chi connectivity index (χ3v) is 6.08. The smallest absolute Gasteiger partial charge is 0.240 e. The van der Waals surface area contributed by atoms with E-state index in [1.165, 1.54) is 0 Å². The van der Waals surface area contributed by atoms with Crippen molar-refractivity contribution in [2.45, 2.75) is 11.8 Å². The van der Waals surface area contributed by atoms with Gasteiger partial charge < -0.3 is 15.1 Å². The van der Waals surface area contributed by atoms with Crippen LogP contribution in [-0.4, -0.2) is 70.1 Å². The number of nitrogens with one attached hydrogen (secondary N) is 2. The first-order valence-corrected chi connectivity index (χ1v) is 11.3. The van der Waals surface area contributed by atoms with Crippen molar-refractivity contribution in [1.29, 1.82) is 0 Å². The second kappa shape index (κ2) is 10.2. The van der Waals surface area contributed by atoms with E-state index in [1.807, 2.05) is 31.3 Å². The predicted octanol–water partition coefficient (Wildman–Crippen LogP) is 1.15. The van der Waals surface area contributed by atoms with E-state index < -0.39 is 10.0 Å². The number of rotatable bonds is 7. The molecule has 1 aliphatic rings. The van der Waals surface area contributed by atoms with Crippen molar-refractivity contribution in [2.75, 3.05) is 50.7 Å². The molecular weight excluding hydrogens is 388 g/mol. The summed E-state index contributed by atoms with van der Waals surface area (Å²) in [6.07, 6.45) is 1.81. The average molecular weight is 417 g/mol. The first-order chi connectivity index (χ1) is 14.1. The first kappa shape index (κ1) is 21.1. The molecule has 29 heavy (non-hydrogen) atoms. The molecule has 0 unspecified atom stereocenters. The van der Waals surface area contributed by atoms with Crippen LogP contribution in [0.15, 0.2) is 64.6 Å². The largest absolute Gasteiger partial charge is 0.357 e. The summed E-state index contributed by atoms with van der Waals surface area (Å²) < 4.78 is 27.2. The van der Waals surface area contributed by atoms with Gasteiger partial charge in [0, 0.05) is 45.5 Å². The van der Waals surface area contributed by atoms with Gasteiger partial charge in [-0.3, -0.25) is 4.99 Å². The van der Waals surface area contributed by atoms with Crippen molar-refractivity contribution in [3.05, 3.63) is 54.7 Å². The molecular formula is C20H28N6O2S. The fourth-order valence-electron chi connectivity index (χ4n) is 3.14. The Morgan fingerprint density at radius 1 is 1.07 bits per heavy atom. The van der Waals surface area contributed by atoms with Gasteiger partial charge in [0.15, 0.2) is 5.96 Å². The van der Waals surface area contributed by atoms with E-state index in [1.54, 1.807) is 30.3 Å². The van der Waals surface area contributed by atoms with Crippen LogP contribution in [0, 0.1) is 0 Å². The van der Waals surface area contributed by atoms with E-state index in [2.05, 4.69) is 29.8 Å². The van der Waals surface area contributed by atoms with Gasteiger partial charge in [0.05, 0.1) is 11.4 Å². The molecule has 0 bridgehead atoms. The Balaban J connectivity index is 1.52. The van der Waals surface area contributed by atoms with Crippen molar-refractivity contribution in [3.8, 4) is 0 Å². The van der Waals surface area contributed by atoms with Crippen LogP contribution in [0.1, 0.15) is 6.92 Å². The number of guanidine groups is 1. The summed E-state index contributed by atoms with van der Waals surface area (Å²) in [7, 11) is -3.50. The minimum Gasteiger partial charge on any atom is -0.357 e. The summed E-state index contributed by atoms with van der Waals surface area (Å²) in [4.78, 5) is 13.7. The highest BCUT2D eigenvalue weighted by Gasteiger charge is 2.20. The molecule has 0 aliphatic carbocycles. The van der Waals surface area contributed by atoms with E-state index in [0.29, 0.717) is 6.54 Å². The molecule has 9 heteroatoms. The van der Waals surface area contributed by atoms with Crippen molar-refractivity contribution in [2.24, 2.45) is 4.99 Å². The highest BCUT2D eigenvalue weighted by Crippen LogP contribution is 2.12. The summed E-state index contributed by atoms with van der Waals surface area (Å²) in [6, 6.07) is 14.3. The first-order valence-electron chi connectivity index (χ1n) is 9.84. The number of anilines is 1. The number of piperazine rings is 1. The summed E-state index contributed by atoms with van der Waals surface area (Å²) in [5.41, 5.74) is 0. The van der Waals surface area contributed by atoms with E-state index in [-0.39, 0.29) is 11.4 Å². The molecule has 3 rings (SSSR count). The van der Waals surface area contributed by atoms with Gasteiger partial charge >= 0.3 is 0 Å². The van der Waals surface area contributed by atoms with Crippen LogP contribution in [0.25, 0.3) is 0 Å². The zero-order valence-corrected chi connectivity index (χ0v) is 17.5. The number of hydrogen-bond donors (Lipinski definition) is 2. The second-order valence-corrected chi connectivity index (χ2v) is 8.38. The quantitative estimate of drug-likeness (QED) is 0.400. The highest BCUT2D eigenvalue weighted by atomic mass is 32.2. The zero-order valence-electron chi connectivity index (χ0n) is 16.7. The average Bonchev–Trinajstić information content (AvgIpc) is 2.77. The molecule has 1 fully saturated rings. The number of nitrogens with zero attached hydrogens (tertiary/aromatic N) is 4. The van der Waals surface area contributed by atoms with Gasteiger partial charge in [-0.2, -0.15) is 0 Å². The SMILES string of the molecule is CCNC(=NCCNS(=O)(=O)c1ccccc1)N1CCN(c2ccccn2)CC1. The lowest BCUT2D eigenvalue weighted by Crippen LogP contribution is -2.52. The monoisotopic (exact) mass is 416 g/mol. The molecule has 0 saturated carbocycles. The standard InChI is InChI=1S/C20H28N6O2S/c1-2-21-20(23-12-13-24-29(27,28)18-8-4-3-5-9-18)26-16-14-25(15-17-26)19-10-6-7-11-22-19/h3-11,24H,2,12-17H2,1H3,(H,21,23). The second-order valence-electron chi connectivity index (χ2n) is 6.61. The Hall–Kier alpha value is -2.65. The third-order valence-electron chi connectivity index (χ3n) is 4.61. The van der Waals surface area contributed by atoms with Crippen molar-refractivity contribution in [1.82, 2.24) is 19.9 Å². The van der Waals surface area contributed by atoms with E-state index in [9.17, 15) is 8.42 Å². The molecule has 0 amide bonds. The van der Waals surface area contributed by atoms with Crippen LogP contribution >= 0.6 is 0 Å². The predicted molar refractivity (Wildman–Crippen MR) is 116 cm³/mol. The van der Waals surface area contributed by atoms with Gasteiger partial charge in [-0.15, -0.1) is 0 Å². The van der Waals surface area contributed by atoms with E-state index in [0.717, 1.165) is 44.5 Å². The maximum atomic E-state index is 12.3. The Morgan fingerprint density at radius 2 is 1.79 bits per heavy atom. The fraction of sp³-hybridized carbons (Fsp3) is 0.400. The Bertz CT molecular complexity index is 882. The number of aliphatic imine (C=N–C) groups is 1. The van der Waals surface area contributed by atoms with Gasteiger partial charge in [0.2, 0.25) is 10.0 Å². The van der Waals surface area contributed by atoms with Gasteiger partial charge in [-0.25, -0.2) is 18.1 Å². The number of hydrogen-bond acceptors (Lipinski definition) is 5. The fourth-order valence-corrected chi connectivity index (χ4v) is 4.18. The van der Waals surface area contributed by atoms with Crippen LogP contribution in [0.2, 0.25) is 0 Å². The minimum absolute atomic E-state index is 0.250. The van der Waals surface area contributed by atoms with Crippen LogP contribution in [-0.2, 0) is 10.0 Å². The van der Waals surface area contributed by atoms with Gasteiger partial charge in [-0.1, -0.05) is 24.3 Å². The number of sulfonamides is 1. The van der Waals surface area contributed by atoms with Crippen LogP contribution < -0.4 is 14.9 Å². The molecule has 8 nitrogen and oxygen atoms in total. The molecule has 2 heterocycles. The lowest BCUT2D eigenvalue weighted by molar-refractivity contribution is 0.371. The lowest BCUT2D eigenvalue weighted by Gasteiger charge is -2.37. The normalized spacial score (nSPS) is 15.4. The van der Waals surface area contributed by atoms with Crippen LogP contribution in [0.3, 0.4) is 0 Å². The van der Waals surface area contributed by atoms with Gasteiger partial charge in [0.1, 0.15) is 5.82 Å². The number of aromatic nitrogens is 1. The summed E-state index contributed by atoms with van der Waals surface area (Å²) in [5, 5.41) is 3.30. The van der Waals surface area contributed by atoms with Crippen LogP contribution in [0.5, 0.6) is 0 Å². The third kappa shape index (κ3) is 5.91. The van der Waals surface area contributed by atoms with E-state index in [4.69, 9.17) is 0 Å². The van der Waals surface area contributed by atoms with Crippen molar-refractivity contribution >= 4 is 21.8 Å². The molecule has 0 spiro atoms. The molecule has 156 valence electrons. The lowest BCUT2D eigenvalue weighted by atomic mass is 10.3. The Kier molecular flexibility index (Phi) is 7.42. The van der Waals surface area contributed by atoms with Crippen molar-refractivity contribution in [3.63, 3.8) is 0 Å². The summed E-state index contributed by atoms with van der Waals surface area (Å²) in [6.45, 7) is 6.79. The summed E-state index contributed by atoms with van der Waals surface area (Å²) in [5.74, 6) is 1.80.